The van der Waals surface area contributed by atoms with E-state index in [2.05, 4.69) is 20.6 Å². The normalized spacial score (nSPS) is 11.2. The predicted molar refractivity (Wildman–Crippen MR) is 103 cm³/mol. The van der Waals surface area contributed by atoms with Gasteiger partial charge in [-0.2, -0.15) is 0 Å². The smallest absolute Gasteiger partial charge is 0.174 e. The van der Waals surface area contributed by atoms with E-state index in [9.17, 15) is 4.79 Å². The SMILES string of the molecule is COc1ccc(C(=O)CCCc2cccn2C)c2nc(-c3ccco3)[nH]c12. The molecule has 0 aliphatic carbocycles. The fourth-order valence-electron chi connectivity index (χ4n) is 3.31. The van der Waals surface area contributed by atoms with Gasteiger partial charge in [-0.05, 0) is 49.2 Å². The number of hydrogen-bond donors (Lipinski definition) is 1. The van der Waals surface area contributed by atoms with Gasteiger partial charge in [-0.25, -0.2) is 4.98 Å². The fraction of sp³-hybridized carbons (Fsp3) is 0.238. The van der Waals surface area contributed by atoms with Gasteiger partial charge in [0.2, 0.25) is 0 Å². The number of fused-ring (bicyclic) bond motifs is 1. The van der Waals surface area contributed by atoms with Crippen molar-refractivity contribution in [3.63, 3.8) is 0 Å². The molecule has 0 saturated heterocycles. The number of Topliss-reactive ketones (excluding diaryl/α,β-unsaturated/α-hetero) is 1. The summed E-state index contributed by atoms with van der Waals surface area (Å²) in [6.45, 7) is 0. The minimum atomic E-state index is 0.0781. The van der Waals surface area contributed by atoms with Gasteiger partial charge in [-0.3, -0.25) is 4.79 Å². The molecule has 3 heterocycles. The number of hydrogen-bond acceptors (Lipinski definition) is 4. The van der Waals surface area contributed by atoms with Crippen molar-refractivity contribution in [1.82, 2.24) is 14.5 Å². The van der Waals surface area contributed by atoms with Crippen molar-refractivity contribution in [2.24, 2.45) is 7.05 Å². The Bertz CT molecular complexity index is 1070. The average molecular weight is 363 g/mol. The first kappa shape index (κ1) is 17.1. The Labute approximate surface area is 156 Å². The highest BCUT2D eigenvalue weighted by molar-refractivity contribution is 6.07. The third-order valence-electron chi connectivity index (χ3n) is 4.77. The quantitative estimate of drug-likeness (QED) is 0.495. The fourth-order valence-corrected chi connectivity index (χ4v) is 3.31. The first-order chi connectivity index (χ1) is 13.2. The number of benzene rings is 1. The zero-order valence-corrected chi connectivity index (χ0v) is 15.4. The zero-order valence-electron chi connectivity index (χ0n) is 15.4. The Morgan fingerprint density at radius 2 is 2.15 bits per heavy atom. The molecule has 0 atom stereocenters. The van der Waals surface area contributed by atoms with Crippen LogP contribution in [-0.4, -0.2) is 27.4 Å². The van der Waals surface area contributed by atoms with Crippen LogP contribution in [0.15, 0.2) is 53.3 Å². The molecular formula is C21H21N3O3. The Morgan fingerprint density at radius 3 is 2.85 bits per heavy atom. The third-order valence-corrected chi connectivity index (χ3v) is 4.77. The maximum absolute atomic E-state index is 12.8. The summed E-state index contributed by atoms with van der Waals surface area (Å²) >= 11 is 0. The van der Waals surface area contributed by atoms with Crippen LogP contribution in [0.4, 0.5) is 0 Å². The highest BCUT2D eigenvalue weighted by Gasteiger charge is 2.18. The van der Waals surface area contributed by atoms with Gasteiger partial charge in [0.25, 0.3) is 0 Å². The predicted octanol–water partition coefficient (Wildman–Crippen LogP) is 4.38. The van der Waals surface area contributed by atoms with Crippen LogP contribution in [0.1, 0.15) is 28.9 Å². The van der Waals surface area contributed by atoms with Gasteiger partial charge in [0, 0.05) is 30.9 Å². The van der Waals surface area contributed by atoms with E-state index in [1.807, 2.05) is 25.4 Å². The summed E-state index contributed by atoms with van der Waals surface area (Å²) < 4.78 is 12.9. The Morgan fingerprint density at radius 1 is 1.26 bits per heavy atom. The van der Waals surface area contributed by atoms with Crippen LogP contribution in [0.3, 0.4) is 0 Å². The van der Waals surface area contributed by atoms with E-state index in [-0.39, 0.29) is 5.78 Å². The van der Waals surface area contributed by atoms with Crippen LogP contribution < -0.4 is 4.74 Å². The van der Waals surface area contributed by atoms with E-state index in [0.717, 1.165) is 12.8 Å². The third kappa shape index (κ3) is 3.26. The van der Waals surface area contributed by atoms with E-state index < -0.39 is 0 Å². The lowest BCUT2D eigenvalue weighted by Gasteiger charge is -2.06. The van der Waals surface area contributed by atoms with Gasteiger partial charge < -0.3 is 18.7 Å². The van der Waals surface area contributed by atoms with Gasteiger partial charge >= 0.3 is 0 Å². The molecule has 138 valence electrons. The molecule has 0 fully saturated rings. The van der Waals surface area contributed by atoms with E-state index >= 15 is 0 Å². The monoisotopic (exact) mass is 363 g/mol. The van der Waals surface area contributed by atoms with Crippen LogP contribution in [0.5, 0.6) is 5.75 Å². The molecule has 4 aromatic rings. The summed E-state index contributed by atoms with van der Waals surface area (Å²) in [4.78, 5) is 20.7. The molecule has 1 aromatic carbocycles. The average Bonchev–Trinajstić information content (AvgIpc) is 3.41. The number of ether oxygens (including phenoxy) is 1. The molecule has 4 rings (SSSR count). The second-order valence-electron chi connectivity index (χ2n) is 6.49. The van der Waals surface area contributed by atoms with Crippen molar-refractivity contribution in [1.29, 1.82) is 0 Å². The van der Waals surface area contributed by atoms with Gasteiger partial charge in [-0.15, -0.1) is 0 Å². The number of furan rings is 1. The van der Waals surface area contributed by atoms with Crippen LogP contribution in [0.25, 0.3) is 22.6 Å². The van der Waals surface area contributed by atoms with E-state index in [1.54, 1.807) is 31.6 Å². The number of aryl methyl sites for hydroxylation is 2. The number of aromatic nitrogens is 3. The van der Waals surface area contributed by atoms with Crippen LogP contribution in [0.2, 0.25) is 0 Å². The number of methoxy groups -OCH3 is 1. The van der Waals surface area contributed by atoms with Crippen molar-refractivity contribution in [3.8, 4) is 17.3 Å². The van der Waals surface area contributed by atoms with Gasteiger partial charge in [0.1, 0.15) is 16.8 Å². The highest BCUT2D eigenvalue weighted by Crippen LogP contribution is 2.30. The minimum Gasteiger partial charge on any atom is -0.494 e. The second kappa shape index (κ2) is 7.15. The van der Waals surface area contributed by atoms with E-state index in [1.165, 1.54) is 5.69 Å². The van der Waals surface area contributed by atoms with Crippen molar-refractivity contribution in [3.05, 3.63) is 60.1 Å². The summed E-state index contributed by atoms with van der Waals surface area (Å²) in [6, 6.07) is 11.3. The highest BCUT2D eigenvalue weighted by atomic mass is 16.5. The van der Waals surface area contributed by atoms with Gasteiger partial charge in [0.15, 0.2) is 17.4 Å². The van der Waals surface area contributed by atoms with Gasteiger partial charge in [0.05, 0.1) is 13.4 Å². The Balaban J connectivity index is 1.60. The summed E-state index contributed by atoms with van der Waals surface area (Å²) in [6.07, 6.45) is 5.74. The maximum atomic E-state index is 12.8. The number of nitrogens with one attached hydrogen (secondary N) is 1. The number of carbonyl (C=O) groups is 1. The first-order valence-electron chi connectivity index (χ1n) is 8.91. The molecule has 3 aromatic heterocycles. The molecule has 0 spiro atoms. The number of aromatic amines is 1. The number of carbonyl (C=O) groups excluding carboxylic acids is 1. The van der Waals surface area contributed by atoms with Gasteiger partial charge in [-0.1, -0.05) is 0 Å². The molecule has 0 amide bonds. The largest absolute Gasteiger partial charge is 0.494 e. The molecule has 0 aliphatic rings. The second-order valence-corrected chi connectivity index (χ2v) is 6.49. The van der Waals surface area contributed by atoms with E-state index in [0.29, 0.717) is 40.4 Å². The molecule has 0 unspecified atom stereocenters. The number of imidazole rings is 1. The molecule has 27 heavy (non-hydrogen) atoms. The van der Waals surface area contributed by atoms with Crippen LogP contribution in [0, 0.1) is 0 Å². The number of rotatable bonds is 7. The molecule has 0 saturated carbocycles. The molecule has 0 radical (unpaired) electrons. The molecule has 1 N–H and O–H groups in total. The van der Waals surface area contributed by atoms with Crippen molar-refractivity contribution in [2.75, 3.05) is 7.11 Å². The zero-order chi connectivity index (χ0) is 18.8. The number of ketones is 1. The summed E-state index contributed by atoms with van der Waals surface area (Å²) in [5, 5.41) is 0. The summed E-state index contributed by atoms with van der Waals surface area (Å²) in [5.41, 5.74) is 3.15. The number of nitrogens with zero attached hydrogens (tertiary/aromatic N) is 2. The molecule has 0 aliphatic heterocycles. The summed E-state index contributed by atoms with van der Waals surface area (Å²) in [5.74, 6) is 1.93. The molecule has 0 bridgehead atoms. The Hall–Kier alpha value is -3.28. The Kier molecular flexibility index (Phi) is 4.54. The van der Waals surface area contributed by atoms with Crippen LogP contribution >= 0.6 is 0 Å². The lowest BCUT2D eigenvalue weighted by atomic mass is 10.0. The summed E-state index contributed by atoms with van der Waals surface area (Å²) in [7, 11) is 3.62. The molecular weight excluding hydrogens is 342 g/mol. The standard InChI is InChI=1S/C21H21N3O3/c1-24-12-4-7-14(24)6-3-8-16(25)15-10-11-17(26-2)20-19(15)22-21(23-20)18-9-5-13-27-18/h4-5,7,9-13H,3,6,8H2,1-2H3,(H,22,23). The first-order valence-corrected chi connectivity index (χ1v) is 8.91. The van der Waals surface area contributed by atoms with Crippen LogP contribution in [-0.2, 0) is 13.5 Å². The molecule has 6 nitrogen and oxygen atoms in total. The van der Waals surface area contributed by atoms with Crippen molar-refractivity contribution >= 4 is 16.8 Å². The maximum Gasteiger partial charge on any atom is 0.174 e. The number of H-pyrrole nitrogens is 1. The van der Waals surface area contributed by atoms with E-state index in [4.69, 9.17) is 9.15 Å². The van der Waals surface area contributed by atoms with Crippen molar-refractivity contribution < 1.29 is 13.9 Å². The lowest BCUT2D eigenvalue weighted by Crippen LogP contribution is -2.03. The topological polar surface area (TPSA) is 73.1 Å². The van der Waals surface area contributed by atoms with Crippen molar-refractivity contribution in [2.45, 2.75) is 19.3 Å². The lowest BCUT2D eigenvalue weighted by molar-refractivity contribution is 0.0981. The minimum absolute atomic E-state index is 0.0781. The molecule has 6 heteroatoms.